The second kappa shape index (κ2) is 6.84. The third-order valence-corrected chi connectivity index (χ3v) is 3.59. The predicted molar refractivity (Wildman–Crippen MR) is 95.9 cm³/mol. The Bertz CT molecular complexity index is 937. The van der Waals surface area contributed by atoms with Crippen molar-refractivity contribution in [3.63, 3.8) is 0 Å². The van der Waals surface area contributed by atoms with Gasteiger partial charge >= 0.3 is 0 Å². The Labute approximate surface area is 144 Å². The Morgan fingerprint density at radius 3 is 2.52 bits per heavy atom. The average Bonchev–Trinajstić information content (AvgIpc) is 3.19. The Morgan fingerprint density at radius 1 is 0.880 bits per heavy atom. The zero-order valence-electron chi connectivity index (χ0n) is 13.3. The van der Waals surface area contributed by atoms with E-state index in [-0.39, 0.29) is 0 Å². The molecular formula is C19H15N5O. The monoisotopic (exact) mass is 329 g/mol. The molecule has 0 spiro atoms. The highest BCUT2D eigenvalue weighted by atomic mass is 16.5. The number of nitrogens with zero attached hydrogens (tertiary/aromatic N) is 3. The summed E-state index contributed by atoms with van der Waals surface area (Å²) in [5, 5.41) is 10.0. The lowest BCUT2D eigenvalue weighted by atomic mass is 10.1. The van der Waals surface area contributed by atoms with E-state index in [1.807, 2.05) is 60.8 Å². The van der Waals surface area contributed by atoms with Gasteiger partial charge in [-0.25, -0.2) is 9.97 Å². The van der Waals surface area contributed by atoms with Gasteiger partial charge in [0, 0.05) is 35.4 Å². The quantitative estimate of drug-likeness (QED) is 0.567. The third kappa shape index (κ3) is 3.48. The number of hydrogen-bond donors (Lipinski definition) is 2. The first kappa shape index (κ1) is 14.9. The molecule has 3 aromatic heterocycles. The van der Waals surface area contributed by atoms with Gasteiger partial charge in [0.05, 0.1) is 6.20 Å². The molecule has 6 heteroatoms. The van der Waals surface area contributed by atoms with Crippen LogP contribution >= 0.6 is 0 Å². The maximum atomic E-state index is 5.94. The summed E-state index contributed by atoms with van der Waals surface area (Å²) in [5.41, 5.74) is 2.74. The van der Waals surface area contributed by atoms with Crippen LogP contribution in [0.4, 0.5) is 11.5 Å². The van der Waals surface area contributed by atoms with Crippen molar-refractivity contribution in [2.24, 2.45) is 0 Å². The lowest BCUT2D eigenvalue weighted by Crippen LogP contribution is -1.93. The van der Waals surface area contributed by atoms with E-state index in [2.05, 4.69) is 25.5 Å². The number of aromatic nitrogens is 4. The number of nitrogens with one attached hydrogen (secondary N) is 2. The zero-order chi connectivity index (χ0) is 16.9. The van der Waals surface area contributed by atoms with E-state index in [0.717, 1.165) is 22.6 Å². The van der Waals surface area contributed by atoms with E-state index in [1.54, 1.807) is 18.6 Å². The Balaban J connectivity index is 1.52. The van der Waals surface area contributed by atoms with E-state index in [1.165, 1.54) is 0 Å². The van der Waals surface area contributed by atoms with Crippen LogP contribution < -0.4 is 10.1 Å². The molecule has 4 aromatic rings. The van der Waals surface area contributed by atoms with Crippen molar-refractivity contribution in [1.82, 2.24) is 20.2 Å². The topological polar surface area (TPSA) is 75.7 Å². The van der Waals surface area contributed by atoms with Crippen molar-refractivity contribution in [2.45, 2.75) is 0 Å². The highest BCUT2D eigenvalue weighted by Gasteiger charge is 2.09. The molecule has 122 valence electrons. The van der Waals surface area contributed by atoms with Crippen LogP contribution in [-0.4, -0.2) is 20.2 Å². The van der Waals surface area contributed by atoms with Gasteiger partial charge in [0.1, 0.15) is 11.6 Å². The molecule has 0 saturated carbocycles. The van der Waals surface area contributed by atoms with Gasteiger partial charge in [-0.15, -0.1) is 0 Å². The van der Waals surface area contributed by atoms with Crippen molar-refractivity contribution < 1.29 is 4.74 Å². The SMILES string of the molecule is c1ccc(Nc2ccc(Oc3ncccc3-c3cn[nH]c3)cc2)nc1. The first-order valence-corrected chi connectivity index (χ1v) is 7.79. The summed E-state index contributed by atoms with van der Waals surface area (Å²) in [5.74, 6) is 2.03. The van der Waals surface area contributed by atoms with E-state index in [4.69, 9.17) is 4.74 Å². The number of benzene rings is 1. The summed E-state index contributed by atoms with van der Waals surface area (Å²) in [6.45, 7) is 0. The van der Waals surface area contributed by atoms with Gasteiger partial charge in [0.15, 0.2) is 0 Å². The number of anilines is 2. The highest BCUT2D eigenvalue weighted by molar-refractivity contribution is 5.67. The molecule has 6 nitrogen and oxygen atoms in total. The first-order valence-electron chi connectivity index (χ1n) is 7.79. The summed E-state index contributed by atoms with van der Waals surface area (Å²) in [6.07, 6.45) is 7.00. The number of ether oxygens (including phenoxy) is 1. The highest BCUT2D eigenvalue weighted by Crippen LogP contribution is 2.31. The molecule has 2 N–H and O–H groups in total. The van der Waals surface area contributed by atoms with Crippen LogP contribution in [0.15, 0.2) is 79.4 Å². The Morgan fingerprint density at radius 2 is 1.76 bits per heavy atom. The molecule has 0 fully saturated rings. The van der Waals surface area contributed by atoms with Gasteiger partial charge in [-0.2, -0.15) is 5.10 Å². The average molecular weight is 329 g/mol. The maximum absolute atomic E-state index is 5.94. The van der Waals surface area contributed by atoms with Gasteiger partial charge in [0.2, 0.25) is 5.88 Å². The minimum atomic E-state index is 0.536. The molecule has 1 aromatic carbocycles. The number of aromatic amines is 1. The minimum Gasteiger partial charge on any atom is -0.438 e. The smallest absolute Gasteiger partial charge is 0.227 e. The Hall–Kier alpha value is -3.67. The number of pyridine rings is 2. The van der Waals surface area contributed by atoms with Gasteiger partial charge in [-0.1, -0.05) is 6.07 Å². The van der Waals surface area contributed by atoms with Crippen LogP contribution in [-0.2, 0) is 0 Å². The predicted octanol–water partition coefficient (Wildman–Crippen LogP) is 4.40. The molecular weight excluding hydrogens is 314 g/mol. The van der Waals surface area contributed by atoms with E-state index in [9.17, 15) is 0 Å². The molecule has 0 radical (unpaired) electrons. The molecule has 4 rings (SSSR count). The van der Waals surface area contributed by atoms with Crippen molar-refractivity contribution in [3.8, 4) is 22.8 Å². The van der Waals surface area contributed by atoms with Crippen molar-refractivity contribution in [3.05, 3.63) is 79.4 Å². The summed E-state index contributed by atoms with van der Waals surface area (Å²) in [6, 6.07) is 17.2. The molecule has 25 heavy (non-hydrogen) atoms. The first-order chi connectivity index (χ1) is 12.4. The fraction of sp³-hybridized carbons (Fsp3) is 0. The van der Waals surface area contributed by atoms with Crippen molar-refractivity contribution in [1.29, 1.82) is 0 Å². The second-order valence-corrected chi connectivity index (χ2v) is 5.31. The van der Waals surface area contributed by atoms with Crippen LogP contribution in [0.25, 0.3) is 11.1 Å². The van der Waals surface area contributed by atoms with Crippen LogP contribution in [0.2, 0.25) is 0 Å². The lowest BCUT2D eigenvalue weighted by Gasteiger charge is -2.10. The molecule has 0 unspecified atom stereocenters. The molecule has 3 heterocycles. The third-order valence-electron chi connectivity index (χ3n) is 3.59. The van der Waals surface area contributed by atoms with Gasteiger partial charge in [-0.05, 0) is 48.5 Å². The summed E-state index contributed by atoms with van der Waals surface area (Å²) < 4.78 is 5.94. The summed E-state index contributed by atoms with van der Waals surface area (Å²) >= 11 is 0. The van der Waals surface area contributed by atoms with Crippen molar-refractivity contribution >= 4 is 11.5 Å². The van der Waals surface area contributed by atoms with Crippen LogP contribution in [0.3, 0.4) is 0 Å². The van der Waals surface area contributed by atoms with Gasteiger partial charge < -0.3 is 10.1 Å². The lowest BCUT2D eigenvalue weighted by molar-refractivity contribution is 0.465. The molecule has 0 bridgehead atoms. The van der Waals surface area contributed by atoms with Crippen molar-refractivity contribution in [2.75, 3.05) is 5.32 Å². The number of H-pyrrole nitrogens is 1. The number of hydrogen-bond acceptors (Lipinski definition) is 5. The van der Waals surface area contributed by atoms with E-state index >= 15 is 0 Å². The molecule has 0 atom stereocenters. The molecule has 0 saturated heterocycles. The van der Waals surface area contributed by atoms with Gasteiger partial charge in [-0.3, -0.25) is 5.10 Å². The van der Waals surface area contributed by atoms with Crippen LogP contribution in [0, 0.1) is 0 Å². The van der Waals surface area contributed by atoms with E-state index < -0.39 is 0 Å². The van der Waals surface area contributed by atoms with Crippen LogP contribution in [0.1, 0.15) is 0 Å². The largest absolute Gasteiger partial charge is 0.438 e. The summed E-state index contributed by atoms with van der Waals surface area (Å²) in [4.78, 5) is 8.57. The number of rotatable bonds is 5. The summed E-state index contributed by atoms with van der Waals surface area (Å²) in [7, 11) is 0. The molecule has 0 aliphatic rings. The maximum Gasteiger partial charge on any atom is 0.227 e. The zero-order valence-corrected chi connectivity index (χ0v) is 13.3. The fourth-order valence-corrected chi connectivity index (χ4v) is 2.39. The normalized spacial score (nSPS) is 10.4. The second-order valence-electron chi connectivity index (χ2n) is 5.31. The van der Waals surface area contributed by atoms with E-state index in [0.29, 0.717) is 11.6 Å². The Kier molecular flexibility index (Phi) is 4.07. The molecule has 0 amide bonds. The van der Waals surface area contributed by atoms with Gasteiger partial charge in [0.25, 0.3) is 0 Å². The standard InChI is InChI=1S/C19H15N5O/c1-2-10-20-18(5-1)24-15-6-8-16(9-7-15)25-19-17(4-3-11-21-19)14-12-22-23-13-14/h1-13H,(H,20,24)(H,22,23). The molecule has 0 aliphatic heterocycles. The fourth-order valence-electron chi connectivity index (χ4n) is 2.39. The van der Waals surface area contributed by atoms with Crippen LogP contribution in [0.5, 0.6) is 11.6 Å². The molecule has 0 aliphatic carbocycles. The minimum absolute atomic E-state index is 0.536.